The number of aryl methyl sites for hydroxylation is 1. The van der Waals surface area contributed by atoms with Gasteiger partial charge in [0.2, 0.25) is 0 Å². The third kappa shape index (κ3) is 2.77. The van der Waals surface area contributed by atoms with Gasteiger partial charge in [0.1, 0.15) is 24.3 Å². The number of nitrogens with zero attached hydrogens (tertiary/aromatic N) is 5. The second kappa shape index (κ2) is 6.07. The number of rotatable bonds is 3. The zero-order chi connectivity index (χ0) is 16.5. The summed E-state index contributed by atoms with van der Waals surface area (Å²) in [7, 11) is 0. The summed E-state index contributed by atoms with van der Waals surface area (Å²) in [5.41, 5.74) is 2.72. The fraction of sp³-hybridized carbons (Fsp3) is 0.316. The van der Waals surface area contributed by atoms with Crippen LogP contribution in [0.2, 0.25) is 0 Å². The van der Waals surface area contributed by atoms with Crippen molar-refractivity contribution in [2.45, 2.75) is 32.2 Å². The van der Waals surface area contributed by atoms with Crippen molar-refractivity contribution in [2.75, 3.05) is 11.4 Å². The van der Waals surface area contributed by atoms with Crippen molar-refractivity contribution in [3.8, 4) is 5.82 Å². The second-order valence-corrected chi connectivity index (χ2v) is 6.55. The molecule has 1 aliphatic heterocycles. The van der Waals surface area contributed by atoms with Gasteiger partial charge in [0.05, 0.1) is 0 Å². The zero-order valence-corrected chi connectivity index (χ0v) is 14.0. The molecule has 0 aliphatic carbocycles. The SMILES string of the molecule is Cc1ccc(C2CC(C)N(c3cc(-n4ccnc4)ncn3)C2)cc1. The van der Waals surface area contributed by atoms with Gasteiger partial charge in [-0.05, 0) is 25.8 Å². The zero-order valence-electron chi connectivity index (χ0n) is 14.0. The van der Waals surface area contributed by atoms with E-state index in [0.717, 1.165) is 24.6 Å². The second-order valence-electron chi connectivity index (χ2n) is 6.55. The summed E-state index contributed by atoms with van der Waals surface area (Å²) in [5.74, 6) is 2.38. The van der Waals surface area contributed by atoms with E-state index in [4.69, 9.17) is 0 Å². The molecule has 2 aromatic heterocycles. The Labute approximate surface area is 142 Å². The molecular formula is C19H21N5. The molecule has 1 aromatic carbocycles. The Kier molecular flexibility index (Phi) is 3.76. The number of hydrogen-bond acceptors (Lipinski definition) is 4. The van der Waals surface area contributed by atoms with E-state index in [-0.39, 0.29) is 0 Å². The van der Waals surface area contributed by atoms with Crippen LogP contribution in [0.3, 0.4) is 0 Å². The van der Waals surface area contributed by atoms with E-state index in [1.165, 1.54) is 11.1 Å². The summed E-state index contributed by atoms with van der Waals surface area (Å²) in [6.07, 6.45) is 8.20. The van der Waals surface area contributed by atoms with Crippen LogP contribution in [0.4, 0.5) is 5.82 Å². The Morgan fingerprint density at radius 3 is 2.62 bits per heavy atom. The Morgan fingerprint density at radius 2 is 1.88 bits per heavy atom. The molecule has 122 valence electrons. The Bertz CT molecular complexity index is 810. The van der Waals surface area contributed by atoms with Gasteiger partial charge in [-0.2, -0.15) is 0 Å². The van der Waals surface area contributed by atoms with Crippen molar-refractivity contribution < 1.29 is 0 Å². The molecule has 0 amide bonds. The number of aromatic nitrogens is 4. The maximum Gasteiger partial charge on any atom is 0.143 e. The molecule has 3 heterocycles. The van der Waals surface area contributed by atoms with Crippen LogP contribution >= 0.6 is 0 Å². The Morgan fingerprint density at radius 1 is 1.08 bits per heavy atom. The average Bonchev–Trinajstić information content (AvgIpc) is 3.25. The van der Waals surface area contributed by atoms with Crippen LogP contribution in [-0.4, -0.2) is 32.1 Å². The molecule has 5 heteroatoms. The summed E-state index contributed by atoms with van der Waals surface area (Å²) in [4.78, 5) is 15.3. The fourth-order valence-corrected chi connectivity index (χ4v) is 3.46. The number of imidazole rings is 1. The van der Waals surface area contributed by atoms with Gasteiger partial charge >= 0.3 is 0 Å². The average molecular weight is 319 g/mol. The standard InChI is InChI=1S/C19H21N5/c1-14-3-5-16(6-4-14)17-9-15(2)24(11-17)19-10-18(21-12-22-19)23-8-7-20-13-23/h3-8,10,12-13,15,17H,9,11H2,1-2H3. The van der Waals surface area contributed by atoms with Gasteiger partial charge in [0, 0.05) is 37.0 Å². The smallest absolute Gasteiger partial charge is 0.143 e. The molecule has 1 fully saturated rings. The molecule has 2 unspecified atom stereocenters. The van der Waals surface area contributed by atoms with E-state index in [0.29, 0.717) is 12.0 Å². The topological polar surface area (TPSA) is 46.8 Å². The third-order valence-electron chi connectivity index (χ3n) is 4.82. The van der Waals surface area contributed by atoms with E-state index in [1.807, 2.05) is 16.8 Å². The summed E-state index contributed by atoms with van der Waals surface area (Å²) in [6.45, 7) is 5.39. The molecule has 0 radical (unpaired) electrons. The number of hydrogen-bond donors (Lipinski definition) is 0. The van der Waals surface area contributed by atoms with Gasteiger partial charge in [0.15, 0.2) is 0 Å². The molecule has 0 bridgehead atoms. The number of benzene rings is 1. The minimum Gasteiger partial charge on any atom is -0.353 e. The van der Waals surface area contributed by atoms with Gasteiger partial charge in [-0.15, -0.1) is 0 Å². The first kappa shape index (κ1) is 14.9. The van der Waals surface area contributed by atoms with E-state index >= 15 is 0 Å². The molecule has 3 aromatic rings. The van der Waals surface area contributed by atoms with Crippen molar-refractivity contribution in [1.29, 1.82) is 0 Å². The first-order chi connectivity index (χ1) is 11.7. The summed E-state index contributed by atoms with van der Waals surface area (Å²) >= 11 is 0. The predicted octanol–water partition coefficient (Wildman–Crippen LogP) is 3.35. The predicted molar refractivity (Wildman–Crippen MR) is 94.5 cm³/mol. The normalized spacial score (nSPS) is 20.5. The Balaban J connectivity index is 1.58. The molecular weight excluding hydrogens is 298 g/mol. The summed E-state index contributed by atoms with van der Waals surface area (Å²) in [6, 6.07) is 11.4. The van der Waals surface area contributed by atoms with Gasteiger partial charge in [-0.25, -0.2) is 15.0 Å². The molecule has 0 saturated carbocycles. The molecule has 1 saturated heterocycles. The van der Waals surface area contributed by atoms with Crippen LogP contribution in [-0.2, 0) is 0 Å². The molecule has 2 atom stereocenters. The highest BCUT2D eigenvalue weighted by molar-refractivity contribution is 5.47. The van der Waals surface area contributed by atoms with Crippen LogP contribution in [0.15, 0.2) is 55.4 Å². The molecule has 0 N–H and O–H groups in total. The van der Waals surface area contributed by atoms with Gasteiger partial charge in [-0.3, -0.25) is 4.57 Å². The lowest BCUT2D eigenvalue weighted by Crippen LogP contribution is -2.27. The lowest BCUT2D eigenvalue weighted by atomic mass is 9.96. The Hall–Kier alpha value is -2.69. The highest BCUT2D eigenvalue weighted by atomic mass is 15.2. The molecule has 4 rings (SSSR count). The maximum absolute atomic E-state index is 4.51. The van der Waals surface area contributed by atoms with Gasteiger partial charge < -0.3 is 4.90 Å². The van der Waals surface area contributed by atoms with Crippen LogP contribution in [0, 0.1) is 6.92 Å². The fourth-order valence-electron chi connectivity index (χ4n) is 3.46. The minimum atomic E-state index is 0.460. The van der Waals surface area contributed by atoms with Gasteiger partial charge in [0.25, 0.3) is 0 Å². The van der Waals surface area contributed by atoms with Crippen molar-refractivity contribution in [3.05, 3.63) is 66.5 Å². The van der Waals surface area contributed by atoms with Gasteiger partial charge in [-0.1, -0.05) is 29.8 Å². The number of anilines is 1. The monoisotopic (exact) mass is 319 g/mol. The van der Waals surface area contributed by atoms with E-state index in [9.17, 15) is 0 Å². The van der Waals surface area contributed by atoms with Crippen LogP contribution in [0.1, 0.15) is 30.4 Å². The van der Waals surface area contributed by atoms with Crippen molar-refractivity contribution in [3.63, 3.8) is 0 Å². The lowest BCUT2D eigenvalue weighted by molar-refractivity contribution is 0.696. The molecule has 24 heavy (non-hydrogen) atoms. The highest BCUT2D eigenvalue weighted by Crippen LogP contribution is 2.34. The summed E-state index contributed by atoms with van der Waals surface area (Å²) in [5, 5.41) is 0. The lowest BCUT2D eigenvalue weighted by Gasteiger charge is -2.22. The third-order valence-corrected chi connectivity index (χ3v) is 4.82. The van der Waals surface area contributed by atoms with Crippen LogP contribution in [0.5, 0.6) is 0 Å². The first-order valence-electron chi connectivity index (χ1n) is 8.34. The molecule has 1 aliphatic rings. The van der Waals surface area contributed by atoms with Crippen molar-refractivity contribution >= 4 is 5.82 Å². The van der Waals surface area contributed by atoms with Crippen molar-refractivity contribution in [2.24, 2.45) is 0 Å². The molecule has 5 nitrogen and oxygen atoms in total. The maximum atomic E-state index is 4.51. The summed E-state index contributed by atoms with van der Waals surface area (Å²) < 4.78 is 1.91. The molecule has 0 spiro atoms. The quantitative estimate of drug-likeness (QED) is 0.743. The minimum absolute atomic E-state index is 0.460. The van der Waals surface area contributed by atoms with Crippen LogP contribution < -0.4 is 4.90 Å². The van der Waals surface area contributed by atoms with E-state index < -0.39 is 0 Å². The van der Waals surface area contributed by atoms with E-state index in [2.05, 4.69) is 58.0 Å². The van der Waals surface area contributed by atoms with Crippen molar-refractivity contribution in [1.82, 2.24) is 19.5 Å². The van der Waals surface area contributed by atoms with Crippen LogP contribution in [0.25, 0.3) is 5.82 Å². The largest absolute Gasteiger partial charge is 0.353 e. The first-order valence-corrected chi connectivity index (χ1v) is 8.34. The van der Waals surface area contributed by atoms with E-state index in [1.54, 1.807) is 18.9 Å². The highest BCUT2D eigenvalue weighted by Gasteiger charge is 2.31.